The summed E-state index contributed by atoms with van der Waals surface area (Å²) in [6.45, 7) is 14.9. The molecule has 0 aliphatic heterocycles. The summed E-state index contributed by atoms with van der Waals surface area (Å²) in [5, 5.41) is 0. The van der Waals surface area contributed by atoms with Crippen molar-refractivity contribution in [2.45, 2.75) is 81.2 Å². The quantitative estimate of drug-likeness (QED) is 0.263. The topological polar surface area (TPSA) is 57.2 Å². The van der Waals surface area contributed by atoms with Crippen LogP contribution in [0.2, 0.25) is 0 Å². The van der Waals surface area contributed by atoms with Gasteiger partial charge < -0.3 is 4.55 Å². The van der Waals surface area contributed by atoms with E-state index in [1.54, 1.807) is 0 Å². The maximum Gasteiger partial charge on any atom is 0.166 e. The lowest BCUT2D eigenvalue weighted by molar-refractivity contribution is 0.423. The van der Waals surface area contributed by atoms with Gasteiger partial charge in [-0.2, -0.15) is 0 Å². The molecule has 0 radical (unpaired) electrons. The van der Waals surface area contributed by atoms with E-state index in [2.05, 4.69) is 24.3 Å². The first kappa shape index (κ1) is 30.9. The molecular formula is C28H40O3S2. The van der Waals surface area contributed by atoms with Crippen LogP contribution in [0.4, 0.5) is 0 Å². The largest absolute Gasteiger partial charge is 0.748 e. The van der Waals surface area contributed by atoms with Crippen LogP contribution in [-0.4, -0.2) is 17.7 Å². The van der Waals surface area contributed by atoms with Gasteiger partial charge in [0.15, 0.2) is 14.7 Å². The summed E-state index contributed by atoms with van der Waals surface area (Å²) in [7, 11) is -4.60. The highest BCUT2D eigenvalue weighted by molar-refractivity contribution is 7.97. The Hall–Kier alpha value is -2.08. The number of hydrogen-bond donors (Lipinski definition) is 0. The molecule has 0 amide bonds. The molecule has 5 heteroatoms. The summed E-state index contributed by atoms with van der Waals surface area (Å²) >= 11 is 0. The minimum atomic E-state index is -4.36. The fourth-order valence-corrected chi connectivity index (χ4v) is 5.27. The summed E-state index contributed by atoms with van der Waals surface area (Å²) in [5.74, 6) is 0. The summed E-state index contributed by atoms with van der Waals surface area (Å²) in [5.41, 5.74) is 0.841. The Labute approximate surface area is 205 Å². The average molecular weight is 489 g/mol. The lowest BCUT2D eigenvalue weighted by Crippen LogP contribution is -2.33. The first-order valence-corrected chi connectivity index (χ1v) is 14.3. The Morgan fingerprint density at radius 1 is 0.636 bits per heavy atom. The highest BCUT2D eigenvalue weighted by atomic mass is 32.2. The van der Waals surface area contributed by atoms with Crippen molar-refractivity contribution in [3.8, 4) is 0 Å². The van der Waals surface area contributed by atoms with Crippen molar-refractivity contribution >= 4 is 21.0 Å². The Morgan fingerprint density at radius 2 is 0.970 bits per heavy atom. The molecule has 3 aromatic rings. The molecule has 0 N–H and O–H groups in total. The summed E-state index contributed by atoms with van der Waals surface area (Å²) < 4.78 is 33.0. The lowest BCUT2D eigenvalue weighted by atomic mass is 10.0. The highest BCUT2D eigenvalue weighted by Crippen LogP contribution is 2.31. The van der Waals surface area contributed by atoms with Gasteiger partial charge in [0.25, 0.3) is 0 Å². The molecule has 33 heavy (non-hydrogen) atoms. The van der Waals surface area contributed by atoms with Gasteiger partial charge in [-0.3, -0.25) is 0 Å². The predicted octanol–water partition coefficient (Wildman–Crippen LogP) is 7.73. The molecule has 0 atom stereocenters. The third-order valence-electron chi connectivity index (χ3n) is 4.42. The zero-order valence-electron chi connectivity index (χ0n) is 21.3. The predicted molar refractivity (Wildman–Crippen MR) is 143 cm³/mol. The van der Waals surface area contributed by atoms with Gasteiger partial charge in [0.2, 0.25) is 0 Å². The molecule has 0 unspecified atom stereocenters. The van der Waals surface area contributed by atoms with E-state index in [4.69, 9.17) is 0 Å². The number of hydrogen-bond acceptors (Lipinski definition) is 3. The minimum Gasteiger partial charge on any atom is -0.748 e. The Morgan fingerprint density at radius 3 is 1.30 bits per heavy atom. The van der Waals surface area contributed by atoms with Gasteiger partial charge in [-0.25, -0.2) is 8.42 Å². The second kappa shape index (κ2) is 15.7. The van der Waals surface area contributed by atoms with Crippen LogP contribution in [0.15, 0.2) is 99.6 Å². The maximum absolute atomic E-state index is 11.4. The molecule has 3 rings (SSSR count). The summed E-state index contributed by atoms with van der Waals surface area (Å²) in [6, 6.07) is 28.6. The van der Waals surface area contributed by atoms with E-state index in [1.165, 1.54) is 23.6 Å². The zero-order chi connectivity index (χ0) is 25.5. The summed E-state index contributed by atoms with van der Waals surface area (Å²) in [4.78, 5) is 3.59. The van der Waals surface area contributed by atoms with Crippen LogP contribution in [0.25, 0.3) is 0 Å². The Kier molecular flexibility index (Phi) is 14.7. The second-order valence-electron chi connectivity index (χ2n) is 6.97. The van der Waals surface area contributed by atoms with E-state index < -0.39 is 14.9 Å². The molecule has 3 nitrogen and oxygen atoms in total. The van der Waals surface area contributed by atoms with Crippen LogP contribution in [0.5, 0.6) is 0 Å². The van der Waals surface area contributed by atoms with Gasteiger partial charge in [-0.05, 0) is 62.2 Å². The molecule has 0 bridgehead atoms. The van der Waals surface area contributed by atoms with E-state index in [0.717, 1.165) is 10.5 Å². The van der Waals surface area contributed by atoms with Gasteiger partial charge >= 0.3 is 0 Å². The van der Waals surface area contributed by atoms with Crippen molar-refractivity contribution in [2.24, 2.45) is 0 Å². The first-order chi connectivity index (χ1) is 15.8. The zero-order valence-corrected chi connectivity index (χ0v) is 23.0. The van der Waals surface area contributed by atoms with Crippen molar-refractivity contribution in [3.05, 3.63) is 90.5 Å². The van der Waals surface area contributed by atoms with Crippen molar-refractivity contribution in [1.29, 1.82) is 0 Å². The van der Waals surface area contributed by atoms with Crippen LogP contribution in [-0.2, 0) is 27.4 Å². The monoisotopic (exact) mass is 488 g/mol. The molecule has 0 saturated heterocycles. The molecule has 0 fully saturated rings. The number of rotatable bonds is 6. The molecule has 0 aliphatic rings. The van der Waals surface area contributed by atoms with Crippen LogP contribution in [0.1, 0.15) is 61.0 Å². The molecule has 0 saturated carbocycles. The first-order valence-electron chi connectivity index (χ1n) is 11.7. The Bertz CT molecular complexity index is 943. The summed E-state index contributed by atoms with van der Waals surface area (Å²) in [6.07, 6.45) is 0.198. The third-order valence-corrected chi connectivity index (χ3v) is 8.15. The minimum absolute atomic E-state index is 0.198. The van der Waals surface area contributed by atoms with Crippen molar-refractivity contribution in [3.63, 3.8) is 0 Å². The van der Waals surface area contributed by atoms with E-state index >= 15 is 0 Å². The standard InChI is InChI=1S/C22H22O3S2.3C2H6/c1-22(2,27(23,24)25)17-18-13-15-21(16-14-18)26(19-9-5-3-6-10-19)20-11-7-4-8-12-20;3*1-2/h3-16H,17H2,1-2H3;3*1-2H3. The van der Waals surface area contributed by atoms with Crippen LogP contribution < -0.4 is 0 Å². The molecule has 0 aliphatic carbocycles. The van der Waals surface area contributed by atoms with Crippen LogP contribution in [0, 0.1) is 0 Å². The molecule has 0 aromatic heterocycles. The molecule has 182 valence electrons. The van der Waals surface area contributed by atoms with Crippen molar-refractivity contribution in [2.75, 3.05) is 0 Å². The van der Waals surface area contributed by atoms with Crippen LogP contribution >= 0.6 is 0 Å². The van der Waals surface area contributed by atoms with Gasteiger partial charge in [-0.15, -0.1) is 0 Å². The van der Waals surface area contributed by atoms with Gasteiger partial charge in [0.1, 0.15) is 10.1 Å². The fraction of sp³-hybridized carbons (Fsp3) is 0.357. The van der Waals surface area contributed by atoms with Crippen LogP contribution in [0.3, 0.4) is 0 Å². The molecular weight excluding hydrogens is 448 g/mol. The Balaban J connectivity index is 0.00000158. The third kappa shape index (κ3) is 9.36. The molecule has 3 aromatic carbocycles. The van der Waals surface area contributed by atoms with Gasteiger partial charge in [0, 0.05) is 0 Å². The SMILES string of the molecule is CC.CC.CC.CC(C)(Cc1ccc([S+](c2ccccc2)c2ccccc2)cc1)S(=O)(=O)[O-]. The van der Waals surface area contributed by atoms with Gasteiger partial charge in [0.05, 0.1) is 15.6 Å². The smallest absolute Gasteiger partial charge is 0.166 e. The molecule has 0 spiro atoms. The maximum atomic E-state index is 11.4. The lowest BCUT2D eigenvalue weighted by Gasteiger charge is -2.28. The fourth-order valence-electron chi connectivity index (χ4n) is 2.84. The normalized spacial score (nSPS) is 10.6. The van der Waals surface area contributed by atoms with E-state index in [1.807, 2.05) is 102 Å². The van der Waals surface area contributed by atoms with Crippen molar-refractivity contribution in [1.82, 2.24) is 0 Å². The number of benzene rings is 3. The molecule has 0 heterocycles. The van der Waals surface area contributed by atoms with E-state index in [0.29, 0.717) is 0 Å². The second-order valence-corrected chi connectivity index (χ2v) is 11.0. The average Bonchev–Trinajstić information content (AvgIpc) is 2.85. The van der Waals surface area contributed by atoms with E-state index in [9.17, 15) is 13.0 Å². The highest BCUT2D eigenvalue weighted by Gasteiger charge is 2.29. The van der Waals surface area contributed by atoms with Crippen molar-refractivity contribution < 1.29 is 13.0 Å². The van der Waals surface area contributed by atoms with Gasteiger partial charge in [-0.1, -0.05) is 90.1 Å². The van der Waals surface area contributed by atoms with E-state index in [-0.39, 0.29) is 17.3 Å².